The SMILES string of the molecule is C=C(C)[C@@H]1CC[C@]2(COC(=O)C(C)[N+]3=CC=NCC3)CC[C@]3(C)C(CCC4[C@@]5(C)CC[C@H](OCC(C)[NH+]6CCNCC6)C(C)(C)C5CC[C@]43C)C12. The number of quaternary nitrogens is 1. The first kappa shape index (κ1) is 37.7. The summed E-state index contributed by atoms with van der Waals surface area (Å²) in [6.45, 7) is 32.3. The molecule has 7 nitrogen and oxygen atoms in total. The Hall–Kier alpha value is -1.57. The number of hydrogen-bond donors (Lipinski definition) is 2. The molecule has 5 saturated carbocycles. The monoisotopic (exact) mass is 707 g/mol. The van der Waals surface area contributed by atoms with Gasteiger partial charge in [0, 0.05) is 25.4 Å². The molecule has 0 amide bonds. The molecule has 2 aliphatic heterocycles. The van der Waals surface area contributed by atoms with Crippen molar-refractivity contribution in [3.8, 4) is 0 Å². The van der Waals surface area contributed by atoms with Gasteiger partial charge in [-0.2, -0.15) is 0 Å². The molecule has 6 unspecified atom stereocenters. The summed E-state index contributed by atoms with van der Waals surface area (Å²) in [5, 5.41) is 3.52. The molecule has 2 heterocycles. The van der Waals surface area contributed by atoms with E-state index in [-0.39, 0.29) is 28.3 Å². The van der Waals surface area contributed by atoms with Gasteiger partial charge < -0.3 is 19.7 Å². The molecule has 7 aliphatic rings. The number of allylic oxidation sites excluding steroid dienone is 1. The lowest BCUT2D eigenvalue weighted by Crippen LogP contribution is -3.18. The van der Waals surface area contributed by atoms with Crippen molar-refractivity contribution in [3.63, 3.8) is 0 Å². The van der Waals surface area contributed by atoms with Crippen LogP contribution in [0.5, 0.6) is 0 Å². The summed E-state index contributed by atoms with van der Waals surface area (Å²) in [6.07, 6.45) is 16.7. The highest BCUT2D eigenvalue weighted by molar-refractivity contribution is 6.14. The van der Waals surface area contributed by atoms with E-state index in [0.717, 1.165) is 45.1 Å². The van der Waals surface area contributed by atoms with Crippen LogP contribution in [0.15, 0.2) is 17.1 Å². The van der Waals surface area contributed by atoms with E-state index in [1.54, 1.807) is 4.90 Å². The Bertz CT molecular complexity index is 1390. The average molecular weight is 707 g/mol. The minimum absolute atomic E-state index is 0.0709. The lowest BCUT2D eigenvalue weighted by atomic mass is 9.32. The fraction of sp³-hybridized carbons (Fsp3) is 0.886. The van der Waals surface area contributed by atoms with Crippen molar-refractivity contribution in [2.75, 3.05) is 52.5 Å². The molecule has 2 N–H and O–H groups in total. The zero-order valence-electron chi connectivity index (χ0n) is 33.8. The minimum Gasteiger partial charge on any atom is -0.460 e. The number of ether oxygens (including phenoxy) is 2. The molecule has 0 radical (unpaired) electrons. The zero-order valence-corrected chi connectivity index (χ0v) is 33.8. The number of carbonyl (C=O) groups is 1. The van der Waals surface area contributed by atoms with E-state index in [2.05, 4.69) is 69.9 Å². The summed E-state index contributed by atoms with van der Waals surface area (Å²) in [4.78, 5) is 19.5. The van der Waals surface area contributed by atoms with E-state index in [1.165, 1.54) is 76.5 Å². The Balaban J connectivity index is 1.09. The van der Waals surface area contributed by atoms with Crippen LogP contribution in [-0.2, 0) is 14.3 Å². The maximum Gasteiger partial charge on any atom is 0.375 e. The van der Waals surface area contributed by atoms with Gasteiger partial charge in [-0.25, -0.2) is 9.37 Å². The fourth-order valence-corrected chi connectivity index (χ4v) is 14.7. The second kappa shape index (κ2) is 13.9. The number of nitrogens with zero attached hydrogens (tertiary/aromatic N) is 2. The Morgan fingerprint density at radius 2 is 1.73 bits per heavy atom. The molecular weight excluding hydrogens is 633 g/mol. The van der Waals surface area contributed by atoms with Crippen LogP contribution < -0.4 is 10.2 Å². The third kappa shape index (κ3) is 6.14. The van der Waals surface area contributed by atoms with Crippen LogP contribution in [0.2, 0.25) is 0 Å². The molecule has 286 valence electrons. The summed E-state index contributed by atoms with van der Waals surface area (Å²) < 4.78 is 15.4. The first-order valence-corrected chi connectivity index (χ1v) is 21.3. The van der Waals surface area contributed by atoms with Crippen molar-refractivity contribution >= 4 is 18.4 Å². The number of nitrogens with one attached hydrogen (secondary N) is 2. The van der Waals surface area contributed by atoms with E-state index >= 15 is 0 Å². The molecule has 6 fully saturated rings. The molecule has 5 aliphatic carbocycles. The second-order valence-electron chi connectivity index (χ2n) is 20.3. The van der Waals surface area contributed by atoms with Gasteiger partial charge in [-0.3, -0.25) is 4.99 Å². The Labute approximate surface area is 310 Å². The largest absolute Gasteiger partial charge is 0.460 e. The van der Waals surface area contributed by atoms with Gasteiger partial charge >= 0.3 is 5.97 Å². The molecular formula is C44H74N4O3+2. The number of carbonyl (C=O) groups excluding carboxylic acids is 1. The maximum absolute atomic E-state index is 13.5. The molecule has 12 atom stereocenters. The van der Waals surface area contributed by atoms with Crippen molar-refractivity contribution in [2.24, 2.45) is 61.7 Å². The Morgan fingerprint density at radius 3 is 2.43 bits per heavy atom. The second-order valence-corrected chi connectivity index (χ2v) is 20.3. The molecule has 0 bridgehead atoms. The lowest BCUT2D eigenvalue weighted by molar-refractivity contribution is -0.925. The fourth-order valence-electron chi connectivity index (χ4n) is 14.7. The van der Waals surface area contributed by atoms with Gasteiger partial charge in [-0.1, -0.05) is 46.8 Å². The smallest absolute Gasteiger partial charge is 0.375 e. The lowest BCUT2D eigenvalue weighted by Gasteiger charge is -2.73. The zero-order chi connectivity index (χ0) is 36.4. The maximum atomic E-state index is 13.5. The van der Waals surface area contributed by atoms with Crippen LogP contribution in [0.4, 0.5) is 0 Å². The molecule has 7 heteroatoms. The van der Waals surface area contributed by atoms with E-state index in [1.807, 2.05) is 19.4 Å². The molecule has 1 saturated heterocycles. The first-order chi connectivity index (χ1) is 24.2. The van der Waals surface area contributed by atoms with Crippen molar-refractivity contribution in [1.29, 1.82) is 0 Å². The predicted octanol–water partition coefficient (Wildman–Crippen LogP) is 6.01. The predicted molar refractivity (Wildman–Crippen MR) is 207 cm³/mol. The number of piperazine rings is 1. The van der Waals surface area contributed by atoms with Crippen molar-refractivity contribution in [3.05, 3.63) is 12.2 Å². The van der Waals surface area contributed by atoms with Crippen LogP contribution in [0, 0.1) is 56.7 Å². The molecule has 0 aromatic carbocycles. The number of esters is 1. The highest BCUT2D eigenvalue weighted by atomic mass is 16.5. The van der Waals surface area contributed by atoms with Crippen molar-refractivity contribution < 1.29 is 23.7 Å². The summed E-state index contributed by atoms with van der Waals surface area (Å²) in [6, 6.07) is 0.290. The van der Waals surface area contributed by atoms with E-state index in [0.29, 0.717) is 53.3 Å². The number of aliphatic imine (C=N–C) groups is 1. The quantitative estimate of drug-likeness (QED) is 0.175. The summed E-state index contributed by atoms with van der Waals surface area (Å²) >= 11 is 0. The molecule has 0 aromatic rings. The first-order valence-electron chi connectivity index (χ1n) is 21.3. The summed E-state index contributed by atoms with van der Waals surface area (Å²) in [7, 11) is 0. The third-order valence-electron chi connectivity index (χ3n) is 17.9. The van der Waals surface area contributed by atoms with Gasteiger partial charge in [0.2, 0.25) is 6.04 Å². The summed E-state index contributed by atoms with van der Waals surface area (Å²) in [5.74, 6) is 3.10. The van der Waals surface area contributed by atoms with Crippen LogP contribution >= 0.6 is 0 Å². The van der Waals surface area contributed by atoms with Gasteiger partial charge in [0.05, 0.1) is 45.2 Å². The van der Waals surface area contributed by atoms with Crippen molar-refractivity contribution in [1.82, 2.24) is 5.32 Å². The van der Waals surface area contributed by atoms with Gasteiger partial charge in [-0.15, -0.1) is 0 Å². The number of hydrogen-bond acceptors (Lipinski definition) is 5. The Kier molecular flexibility index (Phi) is 10.3. The molecule has 0 aromatic heterocycles. The van der Waals surface area contributed by atoms with Gasteiger partial charge in [0.1, 0.15) is 6.04 Å². The highest BCUT2D eigenvalue weighted by Gasteiger charge is 2.71. The van der Waals surface area contributed by atoms with Crippen LogP contribution in [-0.4, -0.2) is 93.6 Å². The Morgan fingerprint density at radius 1 is 0.961 bits per heavy atom. The van der Waals surface area contributed by atoms with Gasteiger partial charge in [0.25, 0.3) is 0 Å². The summed E-state index contributed by atoms with van der Waals surface area (Å²) in [5.41, 5.74) is 2.55. The number of rotatable bonds is 9. The van der Waals surface area contributed by atoms with E-state index in [4.69, 9.17) is 9.47 Å². The average Bonchev–Trinajstić information content (AvgIpc) is 3.51. The van der Waals surface area contributed by atoms with Gasteiger partial charge in [0.15, 0.2) is 12.8 Å². The van der Waals surface area contributed by atoms with Crippen LogP contribution in [0.1, 0.15) is 120 Å². The van der Waals surface area contributed by atoms with Crippen LogP contribution in [0.25, 0.3) is 0 Å². The third-order valence-corrected chi connectivity index (χ3v) is 17.9. The minimum atomic E-state index is -0.273. The standard InChI is InChI=1S/C44H73N4O3/c1-30(2)33-12-17-44(29-51-39(49)32(4)48-26-22-46-23-27-48)19-18-42(8)34(38(33)44)10-11-36-41(7)15-14-37(40(5,6)35(41)13-16-43(36,42)9)50-28-31(3)47-24-20-45-21-25-47/h22,26,31-38,45H,1,10-21,23-25,27-29H2,2-9H3/q+1/p+1/t31?,32?,33-,34?,35?,36?,37-,38?,41-,42+,43+,44+/m0/s1. The van der Waals surface area contributed by atoms with Crippen LogP contribution in [0.3, 0.4) is 0 Å². The highest BCUT2D eigenvalue weighted by Crippen LogP contribution is 2.77. The normalized spacial score (nSPS) is 44.6. The topological polar surface area (TPSA) is 67.4 Å². The molecule has 51 heavy (non-hydrogen) atoms. The van der Waals surface area contributed by atoms with Gasteiger partial charge in [-0.05, 0) is 129 Å². The van der Waals surface area contributed by atoms with E-state index < -0.39 is 0 Å². The molecule has 0 spiro atoms. The van der Waals surface area contributed by atoms with E-state index in [9.17, 15) is 4.79 Å². The van der Waals surface area contributed by atoms with Crippen molar-refractivity contribution in [2.45, 2.75) is 138 Å². The molecule has 7 rings (SSSR count). The number of fused-ring (bicyclic) bond motifs is 7.